The molecule has 1 N–H and O–H groups in total. The van der Waals surface area contributed by atoms with E-state index in [2.05, 4.69) is 95.2 Å². The molecule has 1 aliphatic carbocycles. The number of hydrogen-bond donors (Lipinski definition) is 1. The summed E-state index contributed by atoms with van der Waals surface area (Å²) in [6, 6.07) is 4.51. The van der Waals surface area contributed by atoms with Gasteiger partial charge in [0.2, 0.25) is 0 Å². The average Bonchev–Trinajstić information content (AvgIpc) is 2.56. The number of hydrogen-bond acceptors (Lipinski definition) is 1. The topological polar surface area (TPSA) is 20.2 Å². The van der Waals surface area contributed by atoms with Crippen LogP contribution in [0.25, 0.3) is 0 Å². The third-order valence-corrected chi connectivity index (χ3v) is 7.54. The minimum atomic E-state index is -0.0909. The molecule has 0 aliphatic heterocycles. The fourth-order valence-electron chi connectivity index (χ4n) is 4.78. The Morgan fingerprint density at radius 1 is 0.857 bits per heavy atom. The molecule has 1 aromatic carbocycles. The van der Waals surface area contributed by atoms with Gasteiger partial charge >= 0.3 is 0 Å². The first-order chi connectivity index (χ1) is 12.5. The third kappa shape index (κ3) is 3.82. The molecule has 1 heteroatoms. The van der Waals surface area contributed by atoms with Gasteiger partial charge in [0.25, 0.3) is 0 Å². The number of benzene rings is 1. The highest BCUT2D eigenvalue weighted by atomic mass is 16.3. The van der Waals surface area contributed by atoms with E-state index in [0.29, 0.717) is 11.7 Å². The quantitative estimate of drug-likeness (QED) is 0.552. The van der Waals surface area contributed by atoms with Gasteiger partial charge in [0.05, 0.1) is 0 Å². The maximum atomic E-state index is 11.1. The van der Waals surface area contributed by atoms with E-state index in [1.54, 1.807) is 0 Å². The summed E-state index contributed by atoms with van der Waals surface area (Å²) < 4.78 is 0. The Morgan fingerprint density at radius 3 is 1.68 bits per heavy atom. The van der Waals surface area contributed by atoms with Gasteiger partial charge in [-0.25, -0.2) is 0 Å². The Morgan fingerprint density at radius 2 is 1.29 bits per heavy atom. The lowest BCUT2D eigenvalue weighted by molar-refractivity contribution is 0.279. The zero-order chi connectivity index (χ0) is 21.8. The second kappa shape index (κ2) is 7.08. The van der Waals surface area contributed by atoms with Gasteiger partial charge in [-0.15, -0.1) is 0 Å². The summed E-state index contributed by atoms with van der Waals surface area (Å²) >= 11 is 0. The Hall–Kier alpha value is -1.50. The van der Waals surface area contributed by atoms with Crippen molar-refractivity contribution < 1.29 is 5.11 Å². The molecule has 28 heavy (non-hydrogen) atoms. The molecule has 2 unspecified atom stereocenters. The van der Waals surface area contributed by atoms with Crippen LogP contribution >= 0.6 is 0 Å². The van der Waals surface area contributed by atoms with Crippen molar-refractivity contribution in [3.05, 3.63) is 51.1 Å². The van der Waals surface area contributed by atoms with Crippen LogP contribution in [0.15, 0.2) is 34.4 Å². The Balaban J connectivity index is 2.67. The van der Waals surface area contributed by atoms with E-state index in [0.717, 1.165) is 17.5 Å². The van der Waals surface area contributed by atoms with E-state index in [-0.39, 0.29) is 16.2 Å². The van der Waals surface area contributed by atoms with Gasteiger partial charge in [-0.05, 0) is 84.1 Å². The van der Waals surface area contributed by atoms with Gasteiger partial charge in [-0.2, -0.15) is 0 Å². The third-order valence-electron chi connectivity index (χ3n) is 7.54. The van der Waals surface area contributed by atoms with E-state index in [4.69, 9.17) is 0 Å². The van der Waals surface area contributed by atoms with Gasteiger partial charge in [0.15, 0.2) is 0 Å². The molecule has 0 saturated heterocycles. The Labute approximate surface area is 174 Å². The monoisotopic (exact) mass is 382 g/mol. The largest absolute Gasteiger partial charge is 0.507 e. The van der Waals surface area contributed by atoms with Crippen molar-refractivity contribution in [1.82, 2.24) is 0 Å². The van der Waals surface area contributed by atoms with Gasteiger partial charge in [0.1, 0.15) is 5.75 Å². The second-order valence-electron chi connectivity index (χ2n) is 11.4. The van der Waals surface area contributed by atoms with E-state index < -0.39 is 0 Å². The molecule has 1 aliphatic rings. The molecule has 0 spiro atoms. The first-order valence-corrected chi connectivity index (χ1v) is 10.7. The summed E-state index contributed by atoms with van der Waals surface area (Å²) in [6.07, 6.45) is 0.994. The molecular weight excluding hydrogens is 340 g/mol. The predicted octanol–water partition coefficient (Wildman–Crippen LogP) is 7.86. The van der Waals surface area contributed by atoms with E-state index in [1.165, 1.54) is 27.9 Å². The number of aromatic hydroxyl groups is 1. The predicted molar refractivity (Wildman–Crippen MR) is 123 cm³/mol. The van der Waals surface area contributed by atoms with Gasteiger partial charge in [-0.3, -0.25) is 0 Å². The highest BCUT2D eigenvalue weighted by Crippen LogP contribution is 2.50. The summed E-state index contributed by atoms with van der Waals surface area (Å²) in [4.78, 5) is 0. The number of allylic oxidation sites excluding steroid dienone is 4. The molecule has 0 radical (unpaired) electrons. The summed E-state index contributed by atoms with van der Waals surface area (Å²) in [5, 5.41) is 11.1. The standard InChI is InChI=1S/C27H42O/c1-16-17(2)19(4)27(12,20(5)18(16)3)15-21-13-22(25(6,7)8)24(28)23(14-21)26(9,10)11/h13-14,19,28H,15H2,1-12H3. The Bertz CT molecular complexity index is 801. The lowest BCUT2D eigenvalue weighted by Gasteiger charge is -2.43. The average molecular weight is 383 g/mol. The molecule has 2 rings (SSSR count). The maximum Gasteiger partial charge on any atom is 0.123 e. The van der Waals surface area contributed by atoms with Crippen molar-refractivity contribution in [3.63, 3.8) is 0 Å². The minimum Gasteiger partial charge on any atom is -0.507 e. The normalized spacial score (nSPS) is 24.2. The highest BCUT2D eigenvalue weighted by molar-refractivity contribution is 5.51. The molecular formula is C27H42O. The molecule has 0 amide bonds. The van der Waals surface area contributed by atoms with Crippen LogP contribution in [-0.4, -0.2) is 5.11 Å². The molecule has 0 aromatic heterocycles. The summed E-state index contributed by atoms with van der Waals surface area (Å²) in [6.45, 7) is 27.1. The maximum absolute atomic E-state index is 11.1. The van der Waals surface area contributed by atoms with Crippen molar-refractivity contribution in [1.29, 1.82) is 0 Å². The lowest BCUT2D eigenvalue weighted by atomic mass is 9.61. The fourth-order valence-corrected chi connectivity index (χ4v) is 4.78. The molecule has 2 atom stereocenters. The van der Waals surface area contributed by atoms with Crippen molar-refractivity contribution in [3.8, 4) is 5.75 Å². The molecule has 156 valence electrons. The zero-order valence-electron chi connectivity index (χ0n) is 20.4. The van der Waals surface area contributed by atoms with Crippen LogP contribution in [0.3, 0.4) is 0 Å². The number of phenols is 1. The fraction of sp³-hybridized carbons (Fsp3) is 0.630. The first-order valence-electron chi connectivity index (χ1n) is 10.7. The van der Waals surface area contributed by atoms with Crippen molar-refractivity contribution in [2.75, 3.05) is 0 Å². The molecule has 0 heterocycles. The van der Waals surface area contributed by atoms with Crippen molar-refractivity contribution in [2.45, 2.75) is 100 Å². The summed E-state index contributed by atoms with van der Waals surface area (Å²) in [7, 11) is 0. The van der Waals surface area contributed by atoms with Gasteiger partial charge < -0.3 is 5.11 Å². The van der Waals surface area contributed by atoms with Crippen LogP contribution in [0.5, 0.6) is 5.75 Å². The van der Waals surface area contributed by atoms with Crippen LogP contribution < -0.4 is 0 Å². The molecule has 1 nitrogen and oxygen atoms in total. The van der Waals surface area contributed by atoms with Crippen LogP contribution in [0.4, 0.5) is 0 Å². The molecule has 0 bridgehead atoms. The first kappa shape index (κ1) is 22.8. The van der Waals surface area contributed by atoms with Crippen molar-refractivity contribution >= 4 is 0 Å². The number of phenolic OH excluding ortho intramolecular Hbond substituents is 1. The van der Waals surface area contributed by atoms with Crippen LogP contribution in [0.2, 0.25) is 0 Å². The summed E-state index contributed by atoms with van der Waals surface area (Å²) in [5.41, 5.74) is 9.28. The smallest absolute Gasteiger partial charge is 0.123 e. The molecule has 0 fully saturated rings. The second-order valence-corrected chi connectivity index (χ2v) is 11.4. The minimum absolute atomic E-state index is 0.0909. The van der Waals surface area contributed by atoms with E-state index in [1.807, 2.05) is 0 Å². The van der Waals surface area contributed by atoms with E-state index in [9.17, 15) is 5.11 Å². The van der Waals surface area contributed by atoms with Crippen LogP contribution in [-0.2, 0) is 17.3 Å². The van der Waals surface area contributed by atoms with Crippen LogP contribution in [0, 0.1) is 11.3 Å². The summed E-state index contributed by atoms with van der Waals surface area (Å²) in [5.74, 6) is 0.974. The van der Waals surface area contributed by atoms with Gasteiger partial charge in [0, 0.05) is 0 Å². The van der Waals surface area contributed by atoms with Crippen molar-refractivity contribution in [2.24, 2.45) is 11.3 Å². The molecule has 0 saturated carbocycles. The Kier molecular flexibility index (Phi) is 5.76. The van der Waals surface area contributed by atoms with E-state index >= 15 is 0 Å². The van der Waals surface area contributed by atoms with Crippen LogP contribution in [0.1, 0.15) is 99.8 Å². The SMILES string of the molecule is CC1=C(C)C(C)C(C)(Cc2cc(C(C)(C)C)c(O)c(C(C)(C)C)c2)C(C)=C1C. The zero-order valence-corrected chi connectivity index (χ0v) is 20.4. The van der Waals surface area contributed by atoms with Gasteiger partial charge in [-0.1, -0.05) is 78.7 Å². The lowest BCUT2D eigenvalue weighted by Crippen LogP contribution is -2.34. The number of rotatable bonds is 2. The highest BCUT2D eigenvalue weighted by Gasteiger charge is 2.39. The molecule has 1 aromatic rings.